The van der Waals surface area contributed by atoms with Gasteiger partial charge in [-0.2, -0.15) is 0 Å². The summed E-state index contributed by atoms with van der Waals surface area (Å²) >= 11 is 0. The van der Waals surface area contributed by atoms with Gasteiger partial charge < -0.3 is 9.84 Å². The third-order valence-corrected chi connectivity index (χ3v) is 7.81. The Bertz CT molecular complexity index is 1170. The molecule has 3 aliphatic rings. The minimum Gasteiger partial charge on any atom is -0.480 e. The Kier molecular flexibility index (Phi) is 5.11. The Balaban J connectivity index is 1.41. The van der Waals surface area contributed by atoms with Gasteiger partial charge in [-0.15, -0.1) is 10.3 Å². The number of carboxylic acid groups (broad SMARTS) is 1. The van der Waals surface area contributed by atoms with Gasteiger partial charge in [0.2, 0.25) is 0 Å². The van der Waals surface area contributed by atoms with Crippen molar-refractivity contribution in [3.63, 3.8) is 0 Å². The number of carbonyl (C=O) groups is 2. The molecule has 0 saturated carbocycles. The number of nitrogens with zero attached hydrogens (tertiary/aromatic N) is 2. The fraction of sp³-hybridized carbons (Fsp3) is 0.407. The quantitative estimate of drug-likeness (QED) is 0.674. The van der Waals surface area contributed by atoms with Crippen LogP contribution in [0.4, 0.5) is 4.79 Å². The molecule has 1 aliphatic carbocycles. The molecule has 0 aromatic heterocycles. The van der Waals surface area contributed by atoms with Gasteiger partial charge in [0, 0.05) is 18.9 Å². The highest BCUT2D eigenvalue weighted by atomic mass is 16.6. The molecule has 5 rings (SSSR count). The van der Waals surface area contributed by atoms with Crippen molar-refractivity contribution in [3.8, 4) is 11.1 Å². The van der Waals surface area contributed by atoms with Gasteiger partial charge in [-0.3, -0.25) is 4.90 Å². The Morgan fingerprint density at radius 1 is 0.941 bits per heavy atom. The van der Waals surface area contributed by atoms with E-state index in [0.29, 0.717) is 0 Å². The van der Waals surface area contributed by atoms with Gasteiger partial charge in [0.1, 0.15) is 12.6 Å². The summed E-state index contributed by atoms with van der Waals surface area (Å²) in [6.45, 7) is 7.45. The van der Waals surface area contributed by atoms with Crippen molar-refractivity contribution in [3.05, 3.63) is 70.8 Å². The molecular formula is C27H29N2O5. The van der Waals surface area contributed by atoms with Crippen molar-refractivity contribution in [1.82, 2.24) is 9.96 Å². The van der Waals surface area contributed by atoms with Crippen LogP contribution in [-0.4, -0.2) is 57.4 Å². The van der Waals surface area contributed by atoms with Crippen LogP contribution in [0.15, 0.2) is 59.7 Å². The molecule has 2 aromatic rings. The highest BCUT2D eigenvalue weighted by Crippen LogP contribution is 2.49. The van der Waals surface area contributed by atoms with Crippen LogP contribution in [0.2, 0.25) is 0 Å². The monoisotopic (exact) mass is 461 g/mol. The molecule has 1 unspecified atom stereocenters. The molecular weight excluding hydrogens is 432 g/mol. The van der Waals surface area contributed by atoms with Crippen LogP contribution < -0.4 is 0 Å². The van der Waals surface area contributed by atoms with E-state index in [2.05, 4.69) is 12.1 Å². The van der Waals surface area contributed by atoms with E-state index in [0.717, 1.165) is 38.5 Å². The molecule has 0 spiro atoms. The molecule has 1 N–H and O–H groups in total. The topological polar surface area (TPSA) is 90.0 Å². The normalized spacial score (nSPS) is 22.9. The maximum Gasteiger partial charge on any atom is 0.410 e. The lowest BCUT2D eigenvalue weighted by Gasteiger charge is -2.36. The van der Waals surface area contributed by atoms with Crippen LogP contribution in [0.3, 0.4) is 0 Å². The SMILES string of the molecule is CC1(C)C2=C(CN(C(=O)OCC3c4ccccc4-c4ccccc43)C(C(=O)O)C2)C(C)(C)N1[O]. The first-order valence-corrected chi connectivity index (χ1v) is 11.6. The maximum atomic E-state index is 13.3. The molecule has 34 heavy (non-hydrogen) atoms. The number of hydrogen-bond donors (Lipinski definition) is 1. The number of aliphatic carboxylic acids is 1. The van der Waals surface area contributed by atoms with Crippen molar-refractivity contribution < 1.29 is 24.6 Å². The number of carboxylic acids is 1. The number of fused-ring (bicyclic) bond motifs is 3. The molecule has 1 atom stereocenters. The van der Waals surface area contributed by atoms with Gasteiger partial charge >= 0.3 is 12.1 Å². The fourth-order valence-corrected chi connectivity index (χ4v) is 6.02. The Hall–Kier alpha value is -3.16. The summed E-state index contributed by atoms with van der Waals surface area (Å²) in [4.78, 5) is 26.7. The highest BCUT2D eigenvalue weighted by molar-refractivity contribution is 5.82. The molecule has 2 aliphatic heterocycles. The number of amides is 1. The van der Waals surface area contributed by atoms with E-state index in [-0.39, 0.29) is 25.5 Å². The van der Waals surface area contributed by atoms with Crippen molar-refractivity contribution in [2.45, 2.75) is 57.2 Å². The summed E-state index contributed by atoms with van der Waals surface area (Å²) in [6.07, 6.45) is -0.553. The predicted molar refractivity (Wildman–Crippen MR) is 126 cm³/mol. The first-order valence-electron chi connectivity index (χ1n) is 11.6. The lowest BCUT2D eigenvalue weighted by atomic mass is 9.83. The van der Waals surface area contributed by atoms with Gasteiger partial charge in [-0.1, -0.05) is 48.5 Å². The van der Waals surface area contributed by atoms with Crippen LogP contribution >= 0.6 is 0 Å². The van der Waals surface area contributed by atoms with Gasteiger partial charge in [-0.25, -0.2) is 9.59 Å². The summed E-state index contributed by atoms with van der Waals surface area (Å²) in [5, 5.41) is 23.9. The zero-order valence-electron chi connectivity index (χ0n) is 19.9. The third-order valence-electron chi connectivity index (χ3n) is 7.81. The van der Waals surface area contributed by atoms with Crippen LogP contribution in [-0.2, 0) is 14.7 Å². The number of ether oxygens (including phenoxy) is 1. The molecule has 2 heterocycles. The predicted octanol–water partition coefficient (Wildman–Crippen LogP) is 4.61. The molecule has 1 radical (unpaired) electrons. The van der Waals surface area contributed by atoms with E-state index in [1.807, 2.05) is 64.1 Å². The van der Waals surface area contributed by atoms with E-state index in [1.165, 1.54) is 4.90 Å². The van der Waals surface area contributed by atoms with E-state index in [1.54, 1.807) is 0 Å². The standard InChI is InChI=1S/C27H29N2O5/c1-26(2)21-13-23(24(30)31)28(14-22(21)27(3,4)29(26)33)25(32)34-15-20-18-11-7-5-9-16(18)17-10-6-8-12-19(17)20/h5-12,20,23H,13-15H2,1-4H3,(H,30,31). The minimum absolute atomic E-state index is 0.0676. The summed E-state index contributed by atoms with van der Waals surface area (Å²) < 4.78 is 5.76. The smallest absolute Gasteiger partial charge is 0.410 e. The summed E-state index contributed by atoms with van der Waals surface area (Å²) in [5.74, 6) is -1.21. The summed E-state index contributed by atoms with van der Waals surface area (Å²) in [5.41, 5.74) is 4.40. The summed E-state index contributed by atoms with van der Waals surface area (Å²) in [7, 11) is 0. The molecule has 7 nitrogen and oxygen atoms in total. The lowest BCUT2D eigenvalue weighted by Crippen LogP contribution is -2.51. The molecule has 177 valence electrons. The van der Waals surface area contributed by atoms with Gasteiger partial charge in [0.05, 0.1) is 11.1 Å². The third kappa shape index (κ3) is 3.18. The average molecular weight is 462 g/mol. The van der Waals surface area contributed by atoms with E-state index < -0.39 is 29.2 Å². The Morgan fingerprint density at radius 3 is 2.03 bits per heavy atom. The van der Waals surface area contributed by atoms with Crippen LogP contribution in [0.25, 0.3) is 11.1 Å². The molecule has 7 heteroatoms. The first-order chi connectivity index (χ1) is 16.0. The van der Waals surface area contributed by atoms with E-state index in [4.69, 9.17) is 4.74 Å². The van der Waals surface area contributed by atoms with E-state index >= 15 is 0 Å². The zero-order valence-corrected chi connectivity index (χ0v) is 19.9. The van der Waals surface area contributed by atoms with Crippen molar-refractivity contribution in [1.29, 1.82) is 0 Å². The zero-order chi connectivity index (χ0) is 24.4. The molecule has 0 bridgehead atoms. The van der Waals surface area contributed by atoms with Crippen molar-refractivity contribution >= 4 is 12.1 Å². The second-order valence-electron chi connectivity index (χ2n) is 10.4. The lowest BCUT2D eigenvalue weighted by molar-refractivity contribution is -0.240. The van der Waals surface area contributed by atoms with E-state index in [9.17, 15) is 19.9 Å². The number of rotatable bonds is 3. The van der Waals surface area contributed by atoms with Crippen LogP contribution in [0, 0.1) is 0 Å². The number of carbonyl (C=O) groups excluding carboxylic acids is 1. The van der Waals surface area contributed by atoms with Gasteiger partial charge in [0.15, 0.2) is 0 Å². The van der Waals surface area contributed by atoms with Crippen LogP contribution in [0.1, 0.15) is 51.2 Å². The molecule has 2 aromatic carbocycles. The Labute approximate surface area is 199 Å². The highest BCUT2D eigenvalue weighted by Gasteiger charge is 2.55. The molecule has 1 amide bonds. The van der Waals surface area contributed by atoms with Gasteiger partial charge in [0.25, 0.3) is 0 Å². The van der Waals surface area contributed by atoms with Crippen molar-refractivity contribution in [2.75, 3.05) is 13.2 Å². The maximum absolute atomic E-state index is 13.3. The van der Waals surface area contributed by atoms with Crippen LogP contribution in [0.5, 0.6) is 0 Å². The second-order valence-corrected chi connectivity index (χ2v) is 10.4. The van der Waals surface area contributed by atoms with Gasteiger partial charge in [-0.05, 0) is 61.1 Å². The Morgan fingerprint density at radius 2 is 1.47 bits per heavy atom. The largest absolute Gasteiger partial charge is 0.480 e. The van der Waals surface area contributed by atoms with Crippen molar-refractivity contribution in [2.24, 2.45) is 0 Å². The number of hydrogen-bond acceptors (Lipinski definition) is 4. The average Bonchev–Trinajstić information content (AvgIpc) is 3.20. The first kappa shape index (κ1) is 22.6. The number of benzene rings is 2. The minimum atomic E-state index is -1.10. The number of hydroxylamine groups is 2. The molecule has 0 fully saturated rings. The second kappa shape index (κ2) is 7.68. The molecule has 0 saturated heterocycles. The fourth-order valence-electron chi connectivity index (χ4n) is 6.02. The summed E-state index contributed by atoms with van der Waals surface area (Å²) in [6, 6.07) is 15.1.